The van der Waals surface area contributed by atoms with Crippen LogP contribution in [0.25, 0.3) is 16.7 Å². The van der Waals surface area contributed by atoms with Gasteiger partial charge in [0, 0.05) is 0 Å². The summed E-state index contributed by atoms with van der Waals surface area (Å²) in [5.74, 6) is 2.72. The molecule has 0 bridgehead atoms. The molecule has 0 heterocycles. The fraction of sp³-hybridized carbons (Fsp3) is 0.231. The van der Waals surface area contributed by atoms with Crippen LogP contribution in [-0.2, 0) is 0 Å². The van der Waals surface area contributed by atoms with Gasteiger partial charge in [-0.25, -0.2) is 0 Å². The van der Waals surface area contributed by atoms with E-state index in [9.17, 15) is 0 Å². The topological polar surface area (TPSA) is 0 Å². The van der Waals surface area contributed by atoms with Gasteiger partial charge in [0.25, 0.3) is 0 Å². The van der Waals surface area contributed by atoms with E-state index < -0.39 is 0 Å². The van der Waals surface area contributed by atoms with Crippen LogP contribution in [-0.4, -0.2) is 0 Å². The second-order valence-electron chi connectivity index (χ2n) is 8.79. The highest BCUT2D eigenvalue weighted by atomic mass is 14.3. The molecule has 4 rings (SSSR count). The smallest absolute Gasteiger partial charge is 0.000706 e. The van der Waals surface area contributed by atoms with Gasteiger partial charge in [0.05, 0.1) is 0 Å². The van der Waals surface area contributed by atoms with Crippen LogP contribution in [0.3, 0.4) is 0 Å². The van der Waals surface area contributed by atoms with Gasteiger partial charge in [-0.05, 0) is 79.2 Å². The molecule has 3 aromatic rings. The summed E-state index contributed by atoms with van der Waals surface area (Å²) in [6, 6.07) is 25.7. The molecule has 0 aromatic heterocycles. The highest BCUT2D eigenvalue weighted by Gasteiger charge is 2.25. The van der Waals surface area contributed by atoms with Crippen LogP contribution in [0.1, 0.15) is 74.4 Å². The van der Waals surface area contributed by atoms with Crippen molar-refractivity contribution in [3.05, 3.63) is 149 Å². The van der Waals surface area contributed by atoms with Crippen LogP contribution in [0.15, 0.2) is 115 Å². The molecule has 0 fully saturated rings. The van der Waals surface area contributed by atoms with Crippen molar-refractivity contribution in [3.8, 4) is 12.3 Å². The highest BCUT2D eigenvalue weighted by Crippen LogP contribution is 2.46. The van der Waals surface area contributed by atoms with Crippen LogP contribution in [0.4, 0.5) is 0 Å². The fourth-order valence-corrected chi connectivity index (χ4v) is 4.31. The maximum absolute atomic E-state index is 5.66. The Morgan fingerprint density at radius 2 is 1.36 bits per heavy atom. The van der Waals surface area contributed by atoms with Crippen molar-refractivity contribution in [2.45, 2.75) is 61.8 Å². The van der Waals surface area contributed by atoms with E-state index in [0.29, 0.717) is 0 Å². The van der Waals surface area contributed by atoms with Crippen molar-refractivity contribution in [2.24, 2.45) is 0 Å². The summed E-state index contributed by atoms with van der Waals surface area (Å²) >= 11 is 0. The lowest BCUT2D eigenvalue weighted by molar-refractivity contribution is 1.40. The van der Waals surface area contributed by atoms with E-state index in [1.807, 2.05) is 58.9 Å². The van der Waals surface area contributed by atoms with Gasteiger partial charge in [-0.1, -0.05) is 154 Å². The first-order chi connectivity index (χ1) is 19.0. The molecule has 0 spiro atoms. The summed E-state index contributed by atoms with van der Waals surface area (Å²) in [5, 5.41) is 0. The lowest BCUT2D eigenvalue weighted by Crippen LogP contribution is -1.93. The van der Waals surface area contributed by atoms with Crippen molar-refractivity contribution in [1.29, 1.82) is 0 Å². The number of terminal acetylenes is 1. The van der Waals surface area contributed by atoms with Crippen molar-refractivity contribution in [3.63, 3.8) is 0 Å². The number of hydrogen-bond acceptors (Lipinski definition) is 0. The first-order valence-corrected chi connectivity index (χ1v) is 14.0. The Hall–Kier alpha value is -4.08. The maximum Gasteiger partial charge on any atom is -0.000706 e. The first-order valence-electron chi connectivity index (χ1n) is 14.0. The van der Waals surface area contributed by atoms with Crippen LogP contribution in [0.2, 0.25) is 0 Å². The minimum absolute atomic E-state index is 0.870. The van der Waals surface area contributed by atoms with E-state index in [4.69, 9.17) is 6.42 Å². The van der Waals surface area contributed by atoms with Gasteiger partial charge in [0.15, 0.2) is 0 Å². The molecule has 0 radical (unpaired) electrons. The predicted octanol–water partition coefficient (Wildman–Crippen LogP) is 11.4. The summed E-state index contributed by atoms with van der Waals surface area (Å²) in [7, 11) is 0. The molecule has 3 aromatic carbocycles. The van der Waals surface area contributed by atoms with Crippen LogP contribution in [0.5, 0.6) is 0 Å². The zero-order valence-electron chi connectivity index (χ0n) is 25.3. The van der Waals surface area contributed by atoms with Crippen molar-refractivity contribution < 1.29 is 0 Å². The molecule has 0 saturated carbocycles. The zero-order valence-corrected chi connectivity index (χ0v) is 25.3. The Labute approximate surface area is 239 Å². The number of allylic oxidation sites excluding steroid dienone is 9. The number of rotatable bonds is 4. The Balaban J connectivity index is 0.000000532. The molecule has 0 heteroatoms. The molecule has 0 N–H and O–H groups in total. The number of fused-ring (bicyclic) bond motifs is 1. The van der Waals surface area contributed by atoms with E-state index in [2.05, 4.69) is 112 Å². The summed E-state index contributed by atoms with van der Waals surface area (Å²) in [6.07, 6.45) is 16.5. The van der Waals surface area contributed by atoms with Crippen molar-refractivity contribution >= 4 is 16.7 Å². The molecule has 39 heavy (non-hydrogen) atoms. The Bertz CT molecular complexity index is 1310. The lowest BCUT2D eigenvalue weighted by Gasteiger charge is -2.14. The predicted molar refractivity (Wildman–Crippen MR) is 178 cm³/mol. The SMILES string of the molecule is C#C/C=C(\C=C/C)C(=C1/C/C(=C\C=C)c2ccc(C)cc21)/c1ccccc1.CC.CC.Cc1ccc(C)cc1. The average Bonchev–Trinajstić information content (AvgIpc) is 3.31. The molecule has 202 valence electrons. The molecule has 0 saturated heterocycles. The van der Waals surface area contributed by atoms with Crippen LogP contribution < -0.4 is 0 Å². The zero-order chi connectivity index (χ0) is 29.2. The third-order valence-electron chi connectivity index (χ3n) is 5.99. The second kappa shape index (κ2) is 18.2. The fourth-order valence-electron chi connectivity index (χ4n) is 4.31. The van der Waals surface area contributed by atoms with E-state index >= 15 is 0 Å². The standard InChI is InChI=1S/C27H24.C8H10.2C2H6/c1-5-11-21(12-6-2)27(22-14-9-8-10-15-22)26-19-23(13-7-3)24-17-16-20(4)18-25(24)26;1-7-3-5-8(2)6-4-7;2*1-2/h1,6-18H,3,19H2,2,4H3;3-6H,1-2H3;2*1-2H3/b12-6-,21-11+,23-13+,27-26+;;;. The molecule has 1 aliphatic rings. The summed E-state index contributed by atoms with van der Waals surface area (Å²) < 4.78 is 0. The van der Waals surface area contributed by atoms with Gasteiger partial charge in [0.1, 0.15) is 0 Å². The van der Waals surface area contributed by atoms with E-state index in [-0.39, 0.29) is 0 Å². The molecular weight excluding hydrogens is 468 g/mol. The monoisotopic (exact) mass is 514 g/mol. The van der Waals surface area contributed by atoms with Gasteiger partial charge < -0.3 is 0 Å². The number of benzene rings is 3. The van der Waals surface area contributed by atoms with Gasteiger partial charge in [0.2, 0.25) is 0 Å². The van der Waals surface area contributed by atoms with Gasteiger partial charge >= 0.3 is 0 Å². The maximum atomic E-state index is 5.66. The molecule has 0 unspecified atom stereocenters. The minimum Gasteiger partial charge on any atom is -0.115 e. The van der Waals surface area contributed by atoms with E-state index in [1.54, 1.807) is 0 Å². The van der Waals surface area contributed by atoms with Crippen LogP contribution >= 0.6 is 0 Å². The van der Waals surface area contributed by atoms with Crippen molar-refractivity contribution in [2.75, 3.05) is 0 Å². The van der Waals surface area contributed by atoms with E-state index in [1.165, 1.54) is 50.1 Å². The quantitative estimate of drug-likeness (QED) is 0.240. The first kappa shape index (κ1) is 32.9. The lowest BCUT2D eigenvalue weighted by atomic mass is 9.89. The molecule has 1 aliphatic carbocycles. The summed E-state index contributed by atoms with van der Waals surface area (Å²) in [6.45, 7) is 20.2. The average molecular weight is 515 g/mol. The second-order valence-corrected chi connectivity index (χ2v) is 8.79. The Morgan fingerprint density at radius 3 is 1.87 bits per heavy atom. The highest BCUT2D eigenvalue weighted by molar-refractivity contribution is 6.08. The Kier molecular flexibility index (Phi) is 15.4. The summed E-state index contributed by atoms with van der Waals surface area (Å²) in [4.78, 5) is 0. The van der Waals surface area contributed by atoms with Gasteiger partial charge in [-0.3, -0.25) is 0 Å². The number of hydrogen-bond donors (Lipinski definition) is 0. The molecule has 0 nitrogen and oxygen atoms in total. The van der Waals surface area contributed by atoms with Crippen LogP contribution in [0, 0.1) is 33.1 Å². The number of aryl methyl sites for hydroxylation is 3. The molecule has 0 amide bonds. The third-order valence-corrected chi connectivity index (χ3v) is 5.99. The van der Waals surface area contributed by atoms with Crippen molar-refractivity contribution in [1.82, 2.24) is 0 Å². The van der Waals surface area contributed by atoms with E-state index in [0.717, 1.165) is 12.0 Å². The molecule has 0 aliphatic heterocycles. The minimum atomic E-state index is 0.870. The Morgan fingerprint density at radius 1 is 0.795 bits per heavy atom. The normalized spacial score (nSPS) is 14.0. The third kappa shape index (κ3) is 9.63. The largest absolute Gasteiger partial charge is 0.115 e. The molecular formula is C39H46. The van der Waals surface area contributed by atoms with Gasteiger partial charge in [-0.15, -0.1) is 6.42 Å². The summed E-state index contributed by atoms with van der Waals surface area (Å²) in [5.41, 5.74) is 12.5. The molecule has 0 atom stereocenters. The van der Waals surface area contributed by atoms with Gasteiger partial charge in [-0.2, -0.15) is 0 Å².